The van der Waals surface area contributed by atoms with Gasteiger partial charge in [0.1, 0.15) is 0 Å². The molecular weight excluding hydrogens is 374 g/mol. The molecule has 5 nitrogen and oxygen atoms in total. The Kier molecular flexibility index (Phi) is 9.00. The lowest BCUT2D eigenvalue weighted by Crippen LogP contribution is -2.35. The summed E-state index contributed by atoms with van der Waals surface area (Å²) in [6, 6.07) is 16.7. The molecule has 0 heterocycles. The Bertz CT molecular complexity index is 804. The number of hydrogen-bond donors (Lipinski definition) is 1. The Labute approximate surface area is 181 Å². The van der Waals surface area contributed by atoms with E-state index in [0.29, 0.717) is 30.5 Å². The van der Waals surface area contributed by atoms with Crippen LogP contribution < -0.4 is 5.32 Å². The zero-order valence-electron chi connectivity index (χ0n) is 19.3. The van der Waals surface area contributed by atoms with Gasteiger partial charge in [0.05, 0.1) is 4.92 Å². The average molecular weight is 412 g/mol. The normalized spacial score (nSPS) is 14.7. The van der Waals surface area contributed by atoms with E-state index in [1.165, 1.54) is 11.1 Å². The minimum absolute atomic E-state index is 0.195. The predicted octanol–water partition coefficient (Wildman–Crippen LogP) is 5.43. The van der Waals surface area contributed by atoms with Crippen LogP contribution in [0.25, 0.3) is 0 Å². The van der Waals surface area contributed by atoms with Crippen LogP contribution in [0.15, 0.2) is 48.5 Å². The highest BCUT2D eigenvalue weighted by Crippen LogP contribution is 2.23. The first kappa shape index (κ1) is 24.0. The summed E-state index contributed by atoms with van der Waals surface area (Å²) in [7, 11) is 2.04. The molecule has 0 saturated carbocycles. The number of para-hydroxylation sites is 1. The van der Waals surface area contributed by atoms with Crippen molar-refractivity contribution in [2.24, 2.45) is 11.8 Å². The molecule has 0 spiro atoms. The molecular formula is C25H37N3O2. The zero-order valence-corrected chi connectivity index (χ0v) is 19.3. The van der Waals surface area contributed by atoms with E-state index in [4.69, 9.17) is 0 Å². The standard InChI is InChI=1S/C25H37N3O2/c1-18(2)20(4)26-16-23-13-11-22(12-14-23)15-19(3)21(5)27(6)17-24-9-7-8-10-25(24)28(29)30/h7-14,18-21,26H,15-17H2,1-6H3/t19?,20?,21-/m0/s1. The molecule has 0 aliphatic rings. The van der Waals surface area contributed by atoms with Crippen LogP contribution >= 0.6 is 0 Å². The Morgan fingerprint density at radius 1 is 0.967 bits per heavy atom. The molecule has 2 aromatic carbocycles. The van der Waals surface area contributed by atoms with Crippen molar-refractivity contribution < 1.29 is 4.92 Å². The van der Waals surface area contributed by atoms with E-state index in [1.54, 1.807) is 12.1 Å². The van der Waals surface area contributed by atoms with Gasteiger partial charge in [-0.25, -0.2) is 0 Å². The van der Waals surface area contributed by atoms with E-state index in [-0.39, 0.29) is 10.6 Å². The average Bonchev–Trinajstić information content (AvgIpc) is 2.72. The van der Waals surface area contributed by atoms with E-state index in [9.17, 15) is 10.1 Å². The predicted molar refractivity (Wildman–Crippen MR) is 124 cm³/mol. The van der Waals surface area contributed by atoms with Crippen LogP contribution in [0.5, 0.6) is 0 Å². The summed E-state index contributed by atoms with van der Waals surface area (Å²) in [5.41, 5.74) is 3.59. The van der Waals surface area contributed by atoms with Gasteiger partial charge < -0.3 is 5.32 Å². The molecule has 2 aromatic rings. The fourth-order valence-corrected chi connectivity index (χ4v) is 3.52. The number of nitro benzene ring substituents is 1. The number of nitrogens with one attached hydrogen (secondary N) is 1. The smallest absolute Gasteiger partial charge is 0.273 e. The highest BCUT2D eigenvalue weighted by Gasteiger charge is 2.21. The first-order chi connectivity index (χ1) is 14.2. The fraction of sp³-hybridized carbons (Fsp3) is 0.520. The topological polar surface area (TPSA) is 58.4 Å². The van der Waals surface area contributed by atoms with Gasteiger partial charge in [-0.05, 0) is 50.3 Å². The van der Waals surface area contributed by atoms with Gasteiger partial charge in [0.25, 0.3) is 5.69 Å². The molecule has 0 radical (unpaired) electrons. The van der Waals surface area contributed by atoms with Gasteiger partial charge in [0.15, 0.2) is 0 Å². The summed E-state index contributed by atoms with van der Waals surface area (Å²) in [4.78, 5) is 13.2. The van der Waals surface area contributed by atoms with Crippen molar-refractivity contribution in [3.8, 4) is 0 Å². The molecule has 1 N–H and O–H groups in total. The minimum Gasteiger partial charge on any atom is -0.310 e. The molecule has 5 heteroatoms. The van der Waals surface area contributed by atoms with Crippen molar-refractivity contribution in [3.63, 3.8) is 0 Å². The Morgan fingerprint density at radius 3 is 2.17 bits per heavy atom. The first-order valence-corrected chi connectivity index (χ1v) is 10.9. The Hall–Kier alpha value is -2.24. The first-order valence-electron chi connectivity index (χ1n) is 10.9. The second kappa shape index (κ2) is 11.2. The summed E-state index contributed by atoms with van der Waals surface area (Å²) in [5.74, 6) is 1.06. The maximum atomic E-state index is 11.3. The number of benzene rings is 2. The lowest BCUT2D eigenvalue weighted by molar-refractivity contribution is -0.385. The molecule has 0 saturated heterocycles. The molecule has 30 heavy (non-hydrogen) atoms. The quantitative estimate of drug-likeness (QED) is 0.396. The van der Waals surface area contributed by atoms with Crippen molar-refractivity contribution in [1.29, 1.82) is 0 Å². The highest BCUT2D eigenvalue weighted by molar-refractivity contribution is 5.39. The molecule has 164 valence electrons. The van der Waals surface area contributed by atoms with Gasteiger partial charge in [0, 0.05) is 36.8 Å². The number of nitro groups is 1. The molecule has 0 amide bonds. The summed E-state index contributed by atoms with van der Waals surface area (Å²) in [6.45, 7) is 12.6. The van der Waals surface area contributed by atoms with Gasteiger partial charge in [-0.3, -0.25) is 15.0 Å². The molecule has 2 rings (SSSR count). The van der Waals surface area contributed by atoms with E-state index >= 15 is 0 Å². The van der Waals surface area contributed by atoms with E-state index < -0.39 is 0 Å². The van der Waals surface area contributed by atoms with Gasteiger partial charge in [-0.2, -0.15) is 0 Å². The van der Waals surface area contributed by atoms with Gasteiger partial charge in [-0.15, -0.1) is 0 Å². The van der Waals surface area contributed by atoms with Crippen LogP contribution in [0.1, 0.15) is 51.3 Å². The Morgan fingerprint density at radius 2 is 1.57 bits per heavy atom. The van der Waals surface area contributed by atoms with Crippen LogP contribution in [-0.4, -0.2) is 29.0 Å². The molecule has 0 aromatic heterocycles. The SMILES string of the molecule is CC(C)C(C)NCc1ccc(CC(C)[C@H](C)N(C)Cc2ccccc2[N+](=O)[O-])cc1. The highest BCUT2D eigenvalue weighted by atomic mass is 16.6. The van der Waals surface area contributed by atoms with Crippen LogP contribution in [0.4, 0.5) is 5.69 Å². The van der Waals surface area contributed by atoms with Crippen molar-refractivity contribution >= 4 is 5.69 Å². The second-order valence-corrected chi connectivity index (χ2v) is 8.95. The molecule has 3 atom stereocenters. The van der Waals surface area contributed by atoms with Crippen LogP contribution in [0.3, 0.4) is 0 Å². The van der Waals surface area contributed by atoms with Gasteiger partial charge >= 0.3 is 0 Å². The van der Waals surface area contributed by atoms with Crippen LogP contribution in [0.2, 0.25) is 0 Å². The molecule has 0 aliphatic heterocycles. The zero-order chi connectivity index (χ0) is 22.3. The molecule has 0 aliphatic carbocycles. The minimum atomic E-state index is -0.296. The van der Waals surface area contributed by atoms with Gasteiger partial charge in [-0.1, -0.05) is 63.2 Å². The maximum Gasteiger partial charge on any atom is 0.273 e. The summed E-state index contributed by atoms with van der Waals surface area (Å²) >= 11 is 0. The largest absolute Gasteiger partial charge is 0.310 e. The third-order valence-electron chi connectivity index (χ3n) is 6.34. The third kappa shape index (κ3) is 6.92. The molecule has 0 bridgehead atoms. The van der Waals surface area contributed by atoms with Crippen molar-refractivity contribution in [2.45, 2.75) is 66.2 Å². The van der Waals surface area contributed by atoms with Crippen molar-refractivity contribution in [1.82, 2.24) is 10.2 Å². The lowest BCUT2D eigenvalue weighted by atomic mass is 9.93. The summed E-state index contributed by atoms with van der Waals surface area (Å²) in [6.07, 6.45) is 0.985. The van der Waals surface area contributed by atoms with Crippen LogP contribution in [-0.2, 0) is 19.5 Å². The van der Waals surface area contributed by atoms with E-state index in [1.807, 2.05) is 19.2 Å². The maximum absolute atomic E-state index is 11.3. The third-order valence-corrected chi connectivity index (χ3v) is 6.34. The summed E-state index contributed by atoms with van der Waals surface area (Å²) < 4.78 is 0. The van der Waals surface area contributed by atoms with Crippen molar-refractivity contribution in [2.75, 3.05) is 7.05 Å². The van der Waals surface area contributed by atoms with E-state index in [2.05, 4.69) is 69.1 Å². The lowest BCUT2D eigenvalue weighted by Gasteiger charge is -2.30. The van der Waals surface area contributed by atoms with Crippen LogP contribution in [0, 0.1) is 22.0 Å². The second-order valence-electron chi connectivity index (χ2n) is 8.95. The summed E-state index contributed by atoms with van der Waals surface area (Å²) in [5, 5.41) is 14.8. The number of rotatable bonds is 11. The van der Waals surface area contributed by atoms with Gasteiger partial charge in [0.2, 0.25) is 0 Å². The van der Waals surface area contributed by atoms with E-state index in [0.717, 1.165) is 18.5 Å². The Balaban J connectivity index is 1.92. The molecule has 2 unspecified atom stereocenters. The fourth-order valence-electron chi connectivity index (χ4n) is 3.52. The monoisotopic (exact) mass is 411 g/mol. The molecule has 0 fully saturated rings. The number of nitrogens with zero attached hydrogens (tertiary/aromatic N) is 2. The number of hydrogen-bond acceptors (Lipinski definition) is 4. The van der Waals surface area contributed by atoms with Crippen molar-refractivity contribution in [3.05, 3.63) is 75.3 Å².